The predicted molar refractivity (Wildman–Crippen MR) is 61.0 cm³/mol. The Kier molecular flexibility index (Phi) is 6.47. The zero-order valence-electron chi connectivity index (χ0n) is 8.98. The van der Waals surface area contributed by atoms with Gasteiger partial charge in [-0.3, -0.25) is 0 Å². The van der Waals surface area contributed by atoms with E-state index >= 15 is 0 Å². The number of aliphatic hydroxyl groups is 1. The minimum Gasteiger partial charge on any atom is -0.390 e. The maximum absolute atomic E-state index is 9.56. The van der Waals surface area contributed by atoms with E-state index in [0.717, 1.165) is 24.6 Å². The SMILES string of the molecule is CCCCOCC(O)CSc1ncc[nH]1. The van der Waals surface area contributed by atoms with Crippen molar-refractivity contribution < 1.29 is 9.84 Å². The Hall–Kier alpha value is -0.520. The second kappa shape index (κ2) is 7.73. The first-order chi connectivity index (χ1) is 7.33. The van der Waals surface area contributed by atoms with Crippen molar-refractivity contribution in [2.24, 2.45) is 0 Å². The number of ether oxygens (including phenoxy) is 1. The number of unbranched alkanes of at least 4 members (excludes halogenated alkanes) is 1. The van der Waals surface area contributed by atoms with Crippen LogP contribution in [0.5, 0.6) is 0 Å². The third-order valence-corrected chi connectivity index (χ3v) is 2.89. The topological polar surface area (TPSA) is 58.1 Å². The van der Waals surface area contributed by atoms with E-state index in [1.165, 1.54) is 11.8 Å². The summed E-state index contributed by atoms with van der Waals surface area (Å²) in [6.45, 7) is 3.26. The number of aliphatic hydroxyl groups excluding tert-OH is 1. The first kappa shape index (κ1) is 12.5. The van der Waals surface area contributed by atoms with Crippen molar-refractivity contribution >= 4 is 11.8 Å². The minimum atomic E-state index is -0.419. The third kappa shape index (κ3) is 5.81. The Morgan fingerprint density at radius 1 is 1.67 bits per heavy atom. The van der Waals surface area contributed by atoms with Crippen molar-refractivity contribution in [3.05, 3.63) is 12.4 Å². The van der Waals surface area contributed by atoms with Crippen LogP contribution in [0.4, 0.5) is 0 Å². The summed E-state index contributed by atoms with van der Waals surface area (Å²) in [4.78, 5) is 7.02. The predicted octanol–water partition coefficient (Wildman–Crippen LogP) is 1.68. The van der Waals surface area contributed by atoms with Crippen LogP contribution in [-0.4, -0.2) is 40.1 Å². The molecule has 15 heavy (non-hydrogen) atoms. The zero-order chi connectivity index (χ0) is 10.9. The lowest BCUT2D eigenvalue weighted by Crippen LogP contribution is -2.18. The molecule has 1 aromatic heterocycles. The number of thioether (sulfide) groups is 1. The molecule has 1 atom stereocenters. The lowest BCUT2D eigenvalue weighted by Gasteiger charge is -2.09. The quantitative estimate of drug-likeness (QED) is 0.527. The van der Waals surface area contributed by atoms with Gasteiger partial charge in [-0.05, 0) is 6.42 Å². The Labute approximate surface area is 94.4 Å². The Morgan fingerprint density at radius 2 is 2.53 bits per heavy atom. The van der Waals surface area contributed by atoms with Crippen LogP contribution in [0.2, 0.25) is 0 Å². The van der Waals surface area contributed by atoms with Gasteiger partial charge in [-0.15, -0.1) is 0 Å². The molecule has 0 aromatic carbocycles. The molecule has 5 heteroatoms. The molecule has 0 spiro atoms. The smallest absolute Gasteiger partial charge is 0.165 e. The van der Waals surface area contributed by atoms with Crippen LogP contribution < -0.4 is 0 Å². The average molecular weight is 230 g/mol. The van der Waals surface area contributed by atoms with E-state index in [1.54, 1.807) is 12.4 Å². The van der Waals surface area contributed by atoms with Crippen molar-refractivity contribution in [1.29, 1.82) is 0 Å². The standard InChI is InChI=1S/C10H18N2O2S/c1-2-3-6-14-7-9(13)8-15-10-11-4-5-12-10/h4-5,9,13H,2-3,6-8H2,1H3,(H,11,12). The number of nitrogens with zero attached hydrogens (tertiary/aromatic N) is 1. The molecule has 1 rings (SSSR count). The highest BCUT2D eigenvalue weighted by molar-refractivity contribution is 7.99. The number of H-pyrrole nitrogens is 1. The van der Waals surface area contributed by atoms with Crippen LogP contribution in [0.25, 0.3) is 0 Å². The summed E-state index contributed by atoms with van der Waals surface area (Å²) in [5.41, 5.74) is 0. The maximum atomic E-state index is 9.56. The first-order valence-electron chi connectivity index (χ1n) is 5.21. The van der Waals surface area contributed by atoms with Gasteiger partial charge in [0.15, 0.2) is 5.16 Å². The highest BCUT2D eigenvalue weighted by atomic mass is 32.2. The van der Waals surface area contributed by atoms with E-state index in [1.807, 2.05) is 0 Å². The molecule has 0 aliphatic heterocycles. The van der Waals surface area contributed by atoms with Gasteiger partial charge in [0.05, 0.1) is 12.7 Å². The molecular formula is C10H18N2O2S. The fraction of sp³-hybridized carbons (Fsp3) is 0.700. The second-order valence-corrected chi connectivity index (χ2v) is 4.30. The zero-order valence-corrected chi connectivity index (χ0v) is 9.80. The van der Waals surface area contributed by atoms with Gasteiger partial charge in [-0.25, -0.2) is 4.98 Å². The van der Waals surface area contributed by atoms with Crippen molar-refractivity contribution in [3.8, 4) is 0 Å². The maximum Gasteiger partial charge on any atom is 0.165 e. The largest absolute Gasteiger partial charge is 0.390 e. The molecule has 4 nitrogen and oxygen atoms in total. The summed E-state index contributed by atoms with van der Waals surface area (Å²) in [6.07, 6.45) is 5.23. The van der Waals surface area contributed by atoms with Gasteiger partial charge < -0.3 is 14.8 Å². The molecule has 1 aromatic rings. The molecule has 0 saturated carbocycles. The Balaban J connectivity index is 2.01. The second-order valence-electron chi connectivity index (χ2n) is 3.29. The van der Waals surface area contributed by atoms with Gasteiger partial charge in [0, 0.05) is 24.8 Å². The molecule has 0 aliphatic carbocycles. The summed E-state index contributed by atoms with van der Waals surface area (Å²) >= 11 is 1.50. The lowest BCUT2D eigenvalue weighted by atomic mass is 10.3. The summed E-state index contributed by atoms with van der Waals surface area (Å²) in [5.74, 6) is 0.611. The molecule has 0 aliphatic rings. The van der Waals surface area contributed by atoms with E-state index in [4.69, 9.17) is 4.74 Å². The van der Waals surface area contributed by atoms with Gasteiger partial charge in [0.1, 0.15) is 0 Å². The number of aromatic amines is 1. The summed E-state index contributed by atoms with van der Waals surface area (Å²) in [5, 5.41) is 10.4. The van der Waals surface area contributed by atoms with E-state index in [-0.39, 0.29) is 0 Å². The monoisotopic (exact) mass is 230 g/mol. The molecule has 0 bridgehead atoms. The van der Waals surface area contributed by atoms with Crippen molar-refractivity contribution in [2.45, 2.75) is 31.0 Å². The molecule has 0 amide bonds. The molecule has 0 radical (unpaired) electrons. The lowest BCUT2D eigenvalue weighted by molar-refractivity contribution is 0.0473. The van der Waals surface area contributed by atoms with Crippen LogP contribution in [0, 0.1) is 0 Å². The molecular weight excluding hydrogens is 212 g/mol. The molecule has 0 fully saturated rings. The van der Waals surface area contributed by atoms with Crippen molar-refractivity contribution in [2.75, 3.05) is 19.0 Å². The van der Waals surface area contributed by atoms with E-state index < -0.39 is 6.10 Å². The number of imidazole rings is 1. The van der Waals surface area contributed by atoms with E-state index in [9.17, 15) is 5.11 Å². The Bertz CT molecular complexity index is 242. The van der Waals surface area contributed by atoms with Crippen LogP contribution in [0.15, 0.2) is 17.6 Å². The fourth-order valence-corrected chi connectivity index (χ4v) is 1.75. The average Bonchev–Trinajstić information content (AvgIpc) is 2.74. The van der Waals surface area contributed by atoms with Gasteiger partial charge >= 0.3 is 0 Å². The minimum absolute atomic E-state index is 0.410. The molecule has 0 saturated heterocycles. The van der Waals surface area contributed by atoms with Gasteiger partial charge in [-0.2, -0.15) is 0 Å². The summed E-state index contributed by atoms with van der Waals surface area (Å²) < 4.78 is 5.31. The number of rotatable bonds is 8. The molecule has 2 N–H and O–H groups in total. The number of hydrogen-bond donors (Lipinski definition) is 2. The van der Waals surface area contributed by atoms with Gasteiger partial charge in [-0.1, -0.05) is 25.1 Å². The highest BCUT2D eigenvalue weighted by Gasteiger charge is 2.05. The number of aromatic nitrogens is 2. The van der Waals surface area contributed by atoms with Crippen LogP contribution in [0.3, 0.4) is 0 Å². The summed E-state index contributed by atoms with van der Waals surface area (Å²) in [7, 11) is 0. The van der Waals surface area contributed by atoms with Crippen LogP contribution in [0.1, 0.15) is 19.8 Å². The third-order valence-electron chi connectivity index (χ3n) is 1.84. The normalized spacial score (nSPS) is 12.9. The van der Waals surface area contributed by atoms with E-state index in [0.29, 0.717) is 12.4 Å². The van der Waals surface area contributed by atoms with Gasteiger partial charge in [0.2, 0.25) is 0 Å². The van der Waals surface area contributed by atoms with Crippen LogP contribution >= 0.6 is 11.8 Å². The molecule has 1 heterocycles. The first-order valence-corrected chi connectivity index (χ1v) is 6.19. The molecule has 1 unspecified atom stereocenters. The molecule has 86 valence electrons. The van der Waals surface area contributed by atoms with E-state index in [2.05, 4.69) is 16.9 Å². The Morgan fingerprint density at radius 3 is 3.20 bits per heavy atom. The van der Waals surface area contributed by atoms with Crippen LogP contribution in [-0.2, 0) is 4.74 Å². The number of nitrogens with one attached hydrogen (secondary N) is 1. The van der Waals surface area contributed by atoms with Gasteiger partial charge in [0.25, 0.3) is 0 Å². The fourth-order valence-electron chi connectivity index (χ4n) is 1.02. The highest BCUT2D eigenvalue weighted by Crippen LogP contribution is 2.12. The number of hydrogen-bond acceptors (Lipinski definition) is 4. The summed E-state index contributed by atoms with van der Waals surface area (Å²) in [6, 6.07) is 0. The van der Waals surface area contributed by atoms with Crippen molar-refractivity contribution in [1.82, 2.24) is 9.97 Å². The van der Waals surface area contributed by atoms with Crippen molar-refractivity contribution in [3.63, 3.8) is 0 Å².